The Bertz CT molecular complexity index is 1010. The van der Waals surface area contributed by atoms with Crippen molar-refractivity contribution in [1.82, 2.24) is 4.31 Å². The van der Waals surface area contributed by atoms with Gasteiger partial charge in [-0.25, -0.2) is 8.42 Å². The van der Waals surface area contributed by atoms with E-state index in [4.69, 9.17) is 11.6 Å². The van der Waals surface area contributed by atoms with Crippen LogP contribution in [-0.4, -0.2) is 25.8 Å². The van der Waals surface area contributed by atoms with E-state index < -0.39 is 40.2 Å². The molecule has 1 aliphatic heterocycles. The van der Waals surface area contributed by atoms with Gasteiger partial charge in [0.05, 0.1) is 30.0 Å². The van der Waals surface area contributed by atoms with Crippen molar-refractivity contribution in [1.29, 1.82) is 0 Å². The Balaban J connectivity index is 2.09. The van der Waals surface area contributed by atoms with Crippen LogP contribution in [0.15, 0.2) is 47.4 Å². The van der Waals surface area contributed by atoms with Crippen LogP contribution >= 0.6 is 11.6 Å². The predicted molar refractivity (Wildman–Crippen MR) is 95.0 cm³/mol. The summed E-state index contributed by atoms with van der Waals surface area (Å²) >= 11 is 5.83. The first-order valence-corrected chi connectivity index (χ1v) is 9.90. The number of methoxy groups -OCH3 is 1. The normalized spacial score (nSPS) is 18.7. The summed E-state index contributed by atoms with van der Waals surface area (Å²) in [5.74, 6) is -0.730. The lowest BCUT2D eigenvalue weighted by Gasteiger charge is -2.23. The molecule has 5 nitrogen and oxygen atoms in total. The van der Waals surface area contributed by atoms with Gasteiger partial charge >= 0.3 is 12.1 Å². The molecule has 0 aromatic heterocycles. The SMILES string of the molecule is COC(=O)C[C@H]1c2cc(C(F)(F)F)ccc2S(=O)(=O)N1Cc1ccc(Cl)cc1. The van der Waals surface area contributed by atoms with Crippen molar-refractivity contribution in [2.45, 2.75) is 30.1 Å². The van der Waals surface area contributed by atoms with Crippen LogP contribution in [0, 0.1) is 0 Å². The molecule has 1 atom stereocenters. The Kier molecular flexibility index (Phi) is 5.44. The van der Waals surface area contributed by atoms with Crippen LogP contribution in [0.1, 0.15) is 29.2 Å². The summed E-state index contributed by atoms with van der Waals surface area (Å²) in [6.07, 6.45) is -5.05. The Hall–Kier alpha value is -2.10. The van der Waals surface area contributed by atoms with Crippen molar-refractivity contribution in [3.8, 4) is 0 Å². The molecule has 1 heterocycles. The van der Waals surface area contributed by atoms with E-state index in [1.54, 1.807) is 24.3 Å². The fourth-order valence-electron chi connectivity index (χ4n) is 3.09. The number of fused-ring (bicyclic) bond motifs is 1. The number of alkyl halides is 3. The lowest BCUT2D eigenvalue weighted by molar-refractivity contribution is -0.141. The zero-order chi connectivity index (χ0) is 20.7. The molecule has 2 aromatic carbocycles. The van der Waals surface area contributed by atoms with Gasteiger partial charge in [-0.05, 0) is 41.5 Å². The maximum Gasteiger partial charge on any atom is 0.416 e. The van der Waals surface area contributed by atoms with Gasteiger partial charge in [0.25, 0.3) is 0 Å². The molecule has 0 aliphatic carbocycles. The van der Waals surface area contributed by atoms with Gasteiger partial charge in [-0.3, -0.25) is 4.79 Å². The molecule has 2 aromatic rings. The zero-order valence-corrected chi connectivity index (χ0v) is 16.1. The van der Waals surface area contributed by atoms with Gasteiger partial charge in [-0.2, -0.15) is 17.5 Å². The van der Waals surface area contributed by atoms with Gasteiger partial charge in [0, 0.05) is 11.6 Å². The fraction of sp³-hybridized carbons (Fsp3) is 0.278. The van der Waals surface area contributed by atoms with Gasteiger partial charge in [0.2, 0.25) is 10.0 Å². The number of rotatable bonds is 4. The molecule has 0 bridgehead atoms. The second kappa shape index (κ2) is 7.38. The molecule has 0 fully saturated rings. The fourth-order valence-corrected chi connectivity index (χ4v) is 5.04. The minimum atomic E-state index is -4.64. The van der Waals surface area contributed by atoms with Crippen molar-refractivity contribution in [2.24, 2.45) is 0 Å². The highest BCUT2D eigenvalue weighted by atomic mass is 35.5. The van der Waals surface area contributed by atoms with Crippen molar-refractivity contribution in [3.63, 3.8) is 0 Å². The van der Waals surface area contributed by atoms with Gasteiger partial charge in [0.15, 0.2) is 0 Å². The van der Waals surface area contributed by atoms with Crippen LogP contribution in [0.4, 0.5) is 13.2 Å². The van der Waals surface area contributed by atoms with E-state index in [0.717, 1.165) is 29.6 Å². The average molecular weight is 434 g/mol. The van der Waals surface area contributed by atoms with Crippen LogP contribution in [0.25, 0.3) is 0 Å². The van der Waals surface area contributed by atoms with E-state index in [2.05, 4.69) is 4.74 Å². The molecule has 0 spiro atoms. The molecule has 3 rings (SSSR count). The summed E-state index contributed by atoms with van der Waals surface area (Å²) in [5, 5.41) is 0.456. The first-order chi connectivity index (χ1) is 13.0. The summed E-state index contributed by atoms with van der Waals surface area (Å²) < 4.78 is 70.9. The summed E-state index contributed by atoms with van der Waals surface area (Å²) in [6, 6.07) is 7.69. The highest BCUT2D eigenvalue weighted by Gasteiger charge is 2.45. The molecule has 0 unspecified atom stereocenters. The number of nitrogens with zero attached hydrogens (tertiary/aromatic N) is 1. The average Bonchev–Trinajstić information content (AvgIpc) is 2.83. The Morgan fingerprint density at radius 1 is 1.18 bits per heavy atom. The molecular formula is C18H15ClF3NO4S. The quantitative estimate of drug-likeness (QED) is 0.679. The van der Waals surface area contributed by atoms with Crippen LogP contribution in [0.3, 0.4) is 0 Å². The number of ether oxygens (including phenoxy) is 1. The first kappa shape index (κ1) is 20.6. The topological polar surface area (TPSA) is 63.7 Å². The van der Waals surface area contributed by atoms with Crippen LogP contribution in [-0.2, 0) is 32.3 Å². The van der Waals surface area contributed by atoms with E-state index in [-0.39, 0.29) is 17.0 Å². The Morgan fingerprint density at radius 3 is 2.39 bits per heavy atom. The monoisotopic (exact) mass is 433 g/mol. The van der Waals surface area contributed by atoms with E-state index in [1.165, 1.54) is 0 Å². The predicted octanol–water partition coefficient (Wildman–Crippen LogP) is 4.17. The van der Waals surface area contributed by atoms with Crippen LogP contribution < -0.4 is 0 Å². The number of hydrogen-bond acceptors (Lipinski definition) is 4. The number of hydrogen-bond donors (Lipinski definition) is 0. The minimum Gasteiger partial charge on any atom is -0.469 e. The third kappa shape index (κ3) is 3.87. The largest absolute Gasteiger partial charge is 0.469 e. The van der Waals surface area contributed by atoms with E-state index >= 15 is 0 Å². The minimum absolute atomic E-state index is 0.0748. The molecule has 0 radical (unpaired) electrons. The summed E-state index contributed by atoms with van der Waals surface area (Å²) in [5.41, 5.74) is -0.481. The third-order valence-electron chi connectivity index (χ3n) is 4.47. The van der Waals surface area contributed by atoms with E-state index in [9.17, 15) is 26.4 Å². The standard InChI is InChI=1S/C18H15ClF3NO4S/c1-27-17(24)9-15-14-8-12(18(20,21)22)4-7-16(14)28(25,26)23(15)10-11-2-5-13(19)6-3-11/h2-8,15H,9-10H2,1H3/t15-/m0/s1. The number of esters is 1. The molecule has 10 heteroatoms. The second-order valence-electron chi connectivity index (χ2n) is 6.22. The zero-order valence-electron chi connectivity index (χ0n) is 14.5. The van der Waals surface area contributed by atoms with Gasteiger partial charge in [-0.15, -0.1) is 0 Å². The van der Waals surface area contributed by atoms with Crippen molar-refractivity contribution in [3.05, 3.63) is 64.2 Å². The molecule has 0 amide bonds. The van der Waals surface area contributed by atoms with Crippen molar-refractivity contribution < 1.29 is 31.1 Å². The maximum atomic E-state index is 13.1. The highest BCUT2D eigenvalue weighted by Crippen LogP contribution is 2.44. The van der Waals surface area contributed by atoms with Gasteiger partial charge < -0.3 is 4.74 Å². The molecule has 150 valence electrons. The smallest absolute Gasteiger partial charge is 0.416 e. The second-order valence-corrected chi connectivity index (χ2v) is 8.52. The lowest BCUT2D eigenvalue weighted by atomic mass is 10.0. The van der Waals surface area contributed by atoms with Crippen molar-refractivity contribution in [2.75, 3.05) is 7.11 Å². The van der Waals surface area contributed by atoms with Gasteiger partial charge in [0.1, 0.15) is 0 Å². The summed E-state index contributed by atoms with van der Waals surface area (Å²) in [6.45, 7) is -0.128. The Labute approximate surface area is 164 Å². The lowest BCUT2D eigenvalue weighted by Crippen LogP contribution is -2.29. The number of carbonyl (C=O) groups is 1. The number of benzene rings is 2. The number of carbonyl (C=O) groups excluding carboxylic acids is 1. The molecule has 0 saturated carbocycles. The molecule has 1 aliphatic rings. The van der Waals surface area contributed by atoms with Crippen molar-refractivity contribution >= 4 is 27.6 Å². The molecule has 0 N–H and O–H groups in total. The first-order valence-electron chi connectivity index (χ1n) is 8.08. The van der Waals surface area contributed by atoms with Crippen LogP contribution in [0.2, 0.25) is 5.02 Å². The van der Waals surface area contributed by atoms with E-state index in [0.29, 0.717) is 10.6 Å². The molecule has 0 saturated heterocycles. The van der Waals surface area contributed by atoms with Gasteiger partial charge in [-0.1, -0.05) is 23.7 Å². The molecule has 28 heavy (non-hydrogen) atoms. The van der Waals surface area contributed by atoms with Crippen LogP contribution in [0.5, 0.6) is 0 Å². The number of halogens is 4. The third-order valence-corrected chi connectivity index (χ3v) is 6.65. The number of sulfonamides is 1. The van der Waals surface area contributed by atoms with E-state index in [1.807, 2.05) is 0 Å². The Morgan fingerprint density at radius 2 is 1.82 bits per heavy atom. The summed E-state index contributed by atoms with van der Waals surface area (Å²) in [7, 11) is -2.97. The highest BCUT2D eigenvalue weighted by molar-refractivity contribution is 7.89. The summed E-state index contributed by atoms with van der Waals surface area (Å²) in [4.78, 5) is 11.6. The maximum absolute atomic E-state index is 13.1. The molecular weight excluding hydrogens is 419 g/mol.